The smallest absolute Gasteiger partial charge is 0.238 e. The molecule has 2 heterocycles. The first-order valence-electron chi connectivity index (χ1n) is 12.5. The van der Waals surface area contributed by atoms with Gasteiger partial charge in [0, 0.05) is 44.6 Å². The van der Waals surface area contributed by atoms with Crippen LogP contribution < -0.4 is 9.64 Å². The molecule has 5 nitrogen and oxygen atoms in total. The van der Waals surface area contributed by atoms with Gasteiger partial charge in [0.25, 0.3) is 0 Å². The number of ether oxygens (including phenoxy) is 1. The average Bonchev–Trinajstić information content (AvgIpc) is 2.91. The first kappa shape index (κ1) is 23.3. The van der Waals surface area contributed by atoms with E-state index >= 15 is 0 Å². The van der Waals surface area contributed by atoms with E-state index in [1.54, 1.807) is 0 Å². The Balaban J connectivity index is 1.43. The number of anilines is 1. The van der Waals surface area contributed by atoms with Gasteiger partial charge in [-0.3, -0.25) is 4.90 Å². The molecular weight excluding hydrogens is 434 g/mol. The fraction of sp³-hybridized carbons (Fsp3) is 0.300. The van der Waals surface area contributed by atoms with Crippen LogP contribution in [0, 0.1) is 6.92 Å². The minimum atomic E-state index is 0.112. The van der Waals surface area contributed by atoms with Crippen molar-refractivity contribution in [2.45, 2.75) is 19.4 Å². The molecule has 3 aromatic carbocycles. The molecular formula is C30H33N3O2. The maximum atomic E-state index is 9.24. The lowest BCUT2D eigenvalue weighted by atomic mass is 9.96. The quantitative estimate of drug-likeness (QED) is 0.360. The summed E-state index contributed by atoms with van der Waals surface area (Å²) < 4.78 is 6.11. The predicted octanol–water partition coefficient (Wildman–Crippen LogP) is 5.22. The Morgan fingerprint density at radius 1 is 0.829 bits per heavy atom. The minimum Gasteiger partial charge on any atom is -0.476 e. The van der Waals surface area contributed by atoms with E-state index in [2.05, 4.69) is 89.5 Å². The summed E-state index contributed by atoms with van der Waals surface area (Å²) >= 11 is 0. The van der Waals surface area contributed by atoms with E-state index in [1.165, 1.54) is 16.7 Å². The summed E-state index contributed by atoms with van der Waals surface area (Å²) in [6, 6.07) is 30.1. The first-order chi connectivity index (χ1) is 17.3. The number of aliphatic hydroxyl groups is 1. The Kier molecular flexibility index (Phi) is 7.26. The molecule has 0 atom stereocenters. The maximum absolute atomic E-state index is 9.24. The number of nitrogens with zero attached hydrogens (tertiary/aromatic N) is 3. The Labute approximate surface area is 207 Å². The molecule has 1 aliphatic rings. The van der Waals surface area contributed by atoms with Gasteiger partial charge in [-0.1, -0.05) is 78.9 Å². The van der Waals surface area contributed by atoms with Crippen LogP contribution in [0.3, 0.4) is 0 Å². The molecule has 35 heavy (non-hydrogen) atoms. The maximum Gasteiger partial charge on any atom is 0.238 e. The summed E-state index contributed by atoms with van der Waals surface area (Å²) in [5.74, 6) is 0.672. The van der Waals surface area contributed by atoms with Crippen molar-refractivity contribution in [1.82, 2.24) is 9.88 Å². The summed E-state index contributed by atoms with van der Waals surface area (Å²) in [4.78, 5) is 9.88. The Bertz CT molecular complexity index is 1200. The number of pyridine rings is 1. The predicted molar refractivity (Wildman–Crippen MR) is 142 cm³/mol. The van der Waals surface area contributed by atoms with Crippen molar-refractivity contribution in [3.05, 3.63) is 102 Å². The summed E-state index contributed by atoms with van der Waals surface area (Å²) in [6.07, 6.45) is 0.594. The normalized spacial score (nSPS) is 14.5. The van der Waals surface area contributed by atoms with Crippen molar-refractivity contribution >= 4 is 16.6 Å². The van der Waals surface area contributed by atoms with Gasteiger partial charge in [0.2, 0.25) is 5.88 Å². The third-order valence-electron chi connectivity index (χ3n) is 6.86. The molecule has 180 valence electrons. The second-order valence-corrected chi connectivity index (χ2v) is 9.08. The van der Waals surface area contributed by atoms with Crippen molar-refractivity contribution in [3.63, 3.8) is 0 Å². The second kappa shape index (κ2) is 10.9. The van der Waals surface area contributed by atoms with Crippen LogP contribution in [0.4, 0.5) is 5.69 Å². The molecule has 0 spiro atoms. The van der Waals surface area contributed by atoms with Crippen LogP contribution in [0.15, 0.2) is 84.9 Å². The van der Waals surface area contributed by atoms with Crippen LogP contribution in [0.1, 0.15) is 29.2 Å². The number of piperazine rings is 1. The van der Waals surface area contributed by atoms with Gasteiger partial charge in [0.15, 0.2) is 0 Å². The molecule has 1 saturated heterocycles. The zero-order chi connectivity index (χ0) is 24.0. The van der Waals surface area contributed by atoms with Crippen molar-refractivity contribution in [2.75, 3.05) is 44.3 Å². The number of para-hydroxylation sites is 1. The highest BCUT2D eigenvalue weighted by atomic mass is 16.5. The summed E-state index contributed by atoms with van der Waals surface area (Å²) in [7, 11) is 0. The zero-order valence-electron chi connectivity index (χ0n) is 20.3. The Morgan fingerprint density at radius 2 is 1.43 bits per heavy atom. The van der Waals surface area contributed by atoms with Gasteiger partial charge in [0.1, 0.15) is 5.69 Å². The third-order valence-corrected chi connectivity index (χ3v) is 6.86. The molecule has 5 heteroatoms. The lowest BCUT2D eigenvalue weighted by Crippen LogP contribution is -2.48. The molecule has 4 aromatic rings. The van der Waals surface area contributed by atoms with Crippen LogP contribution in [-0.2, 0) is 0 Å². The fourth-order valence-corrected chi connectivity index (χ4v) is 5.13. The van der Waals surface area contributed by atoms with Gasteiger partial charge < -0.3 is 14.7 Å². The van der Waals surface area contributed by atoms with Crippen molar-refractivity contribution in [1.29, 1.82) is 0 Å². The van der Waals surface area contributed by atoms with Crippen LogP contribution in [-0.4, -0.2) is 54.4 Å². The van der Waals surface area contributed by atoms with E-state index in [0.29, 0.717) is 18.9 Å². The van der Waals surface area contributed by atoms with Gasteiger partial charge in [-0.15, -0.1) is 0 Å². The highest BCUT2D eigenvalue weighted by Gasteiger charge is 2.29. The molecule has 1 aromatic heterocycles. The molecule has 1 aliphatic heterocycles. The summed E-state index contributed by atoms with van der Waals surface area (Å²) in [5.41, 5.74) is 5.87. The molecule has 0 bridgehead atoms. The molecule has 0 saturated carbocycles. The molecule has 0 aliphatic carbocycles. The molecule has 0 radical (unpaired) electrons. The van der Waals surface area contributed by atoms with Gasteiger partial charge in [-0.2, -0.15) is 0 Å². The largest absolute Gasteiger partial charge is 0.476 e. The van der Waals surface area contributed by atoms with E-state index in [-0.39, 0.29) is 12.6 Å². The third kappa shape index (κ3) is 5.02. The van der Waals surface area contributed by atoms with Crippen molar-refractivity contribution in [2.24, 2.45) is 0 Å². The van der Waals surface area contributed by atoms with Crippen molar-refractivity contribution < 1.29 is 9.84 Å². The standard InChI is InChI=1S/C30H33N3O2/c1-23-26-15-8-9-16-27(26)31-30(35-22-10-21-34)28(23)32-17-19-33(20-18-32)29(24-11-4-2-5-12-24)25-13-6-3-7-14-25/h2-9,11-16,29,34H,10,17-22H2,1H3. The van der Waals surface area contributed by atoms with E-state index in [0.717, 1.165) is 42.8 Å². The first-order valence-corrected chi connectivity index (χ1v) is 12.5. The van der Waals surface area contributed by atoms with Crippen LogP contribution in [0.5, 0.6) is 5.88 Å². The van der Waals surface area contributed by atoms with Gasteiger partial charge >= 0.3 is 0 Å². The van der Waals surface area contributed by atoms with E-state index in [4.69, 9.17) is 9.72 Å². The number of hydrogen-bond acceptors (Lipinski definition) is 5. The molecule has 0 amide bonds. The monoisotopic (exact) mass is 467 g/mol. The lowest BCUT2D eigenvalue weighted by Gasteiger charge is -2.41. The van der Waals surface area contributed by atoms with Gasteiger partial charge in [0.05, 0.1) is 18.2 Å². The van der Waals surface area contributed by atoms with Crippen molar-refractivity contribution in [3.8, 4) is 5.88 Å². The SMILES string of the molecule is Cc1c(N2CCN(C(c3ccccc3)c3ccccc3)CC2)c(OCCCO)nc2ccccc12. The number of aromatic nitrogens is 1. The molecule has 0 unspecified atom stereocenters. The van der Waals surface area contributed by atoms with E-state index < -0.39 is 0 Å². The zero-order valence-corrected chi connectivity index (χ0v) is 20.3. The van der Waals surface area contributed by atoms with E-state index in [1.807, 2.05) is 12.1 Å². The number of aryl methyl sites for hydroxylation is 1. The second-order valence-electron chi connectivity index (χ2n) is 9.08. The molecule has 1 N–H and O–H groups in total. The lowest BCUT2D eigenvalue weighted by molar-refractivity contribution is 0.210. The number of rotatable bonds is 8. The van der Waals surface area contributed by atoms with Gasteiger partial charge in [-0.05, 0) is 29.7 Å². The topological polar surface area (TPSA) is 48.8 Å². The number of aliphatic hydroxyl groups excluding tert-OH is 1. The molecule has 5 rings (SSSR count). The Hall–Kier alpha value is -3.41. The number of hydrogen-bond donors (Lipinski definition) is 1. The summed E-state index contributed by atoms with van der Waals surface area (Å²) in [5, 5.41) is 10.4. The number of fused-ring (bicyclic) bond motifs is 1. The number of benzene rings is 3. The molecule has 1 fully saturated rings. The average molecular weight is 468 g/mol. The van der Waals surface area contributed by atoms with E-state index in [9.17, 15) is 5.11 Å². The van der Waals surface area contributed by atoms with Crippen LogP contribution in [0.2, 0.25) is 0 Å². The highest BCUT2D eigenvalue weighted by Crippen LogP contribution is 2.37. The van der Waals surface area contributed by atoms with Crippen LogP contribution in [0.25, 0.3) is 10.9 Å². The Morgan fingerprint density at radius 3 is 2.06 bits per heavy atom. The van der Waals surface area contributed by atoms with Gasteiger partial charge in [-0.25, -0.2) is 4.98 Å². The highest BCUT2D eigenvalue weighted by molar-refractivity contribution is 5.89. The fourth-order valence-electron chi connectivity index (χ4n) is 5.13. The minimum absolute atomic E-state index is 0.112. The summed E-state index contributed by atoms with van der Waals surface area (Å²) in [6.45, 7) is 6.41. The van der Waals surface area contributed by atoms with Crippen LogP contribution >= 0.6 is 0 Å².